The van der Waals surface area contributed by atoms with Crippen molar-refractivity contribution in [2.75, 3.05) is 20.8 Å². The average Bonchev–Trinajstić information content (AvgIpc) is 2.28. The van der Waals surface area contributed by atoms with Crippen LogP contribution >= 0.6 is 0 Å². The highest BCUT2D eigenvalue weighted by Crippen LogP contribution is 2.34. The van der Waals surface area contributed by atoms with Crippen LogP contribution in [0.15, 0.2) is 18.2 Å². The van der Waals surface area contributed by atoms with Gasteiger partial charge in [-0.15, -0.1) is 0 Å². The van der Waals surface area contributed by atoms with E-state index < -0.39 is 5.67 Å². The Morgan fingerprint density at radius 2 is 2.00 bits per heavy atom. The third-order valence-electron chi connectivity index (χ3n) is 2.35. The fourth-order valence-corrected chi connectivity index (χ4v) is 1.33. The standard InChI is InChI=1S/C11H16FNO2/c1-11(12,7-13)9-6-8(14-2)4-5-10(9)15-3/h4-6H,7,13H2,1-3H3. The largest absolute Gasteiger partial charge is 0.497 e. The van der Waals surface area contributed by atoms with Crippen molar-refractivity contribution in [2.24, 2.45) is 5.73 Å². The summed E-state index contributed by atoms with van der Waals surface area (Å²) in [5.41, 5.74) is 4.18. The number of hydrogen-bond donors (Lipinski definition) is 1. The van der Waals surface area contributed by atoms with Gasteiger partial charge in [0.2, 0.25) is 0 Å². The smallest absolute Gasteiger partial charge is 0.149 e. The van der Waals surface area contributed by atoms with E-state index in [1.807, 2.05) is 0 Å². The molecule has 0 aliphatic rings. The minimum absolute atomic E-state index is 0.101. The molecule has 84 valence electrons. The predicted molar refractivity (Wildman–Crippen MR) is 57.1 cm³/mol. The fraction of sp³-hybridized carbons (Fsp3) is 0.455. The van der Waals surface area contributed by atoms with Crippen LogP contribution in [0, 0.1) is 0 Å². The number of benzene rings is 1. The van der Waals surface area contributed by atoms with Gasteiger partial charge in [0, 0.05) is 12.1 Å². The summed E-state index contributed by atoms with van der Waals surface area (Å²) in [7, 11) is 3.03. The van der Waals surface area contributed by atoms with Crippen LogP contribution in [-0.4, -0.2) is 20.8 Å². The quantitative estimate of drug-likeness (QED) is 0.830. The van der Waals surface area contributed by atoms with Crippen LogP contribution in [0.3, 0.4) is 0 Å². The summed E-state index contributed by atoms with van der Waals surface area (Å²) in [6, 6.07) is 4.99. The van der Waals surface area contributed by atoms with E-state index in [-0.39, 0.29) is 6.54 Å². The van der Waals surface area contributed by atoms with E-state index in [2.05, 4.69) is 0 Å². The van der Waals surface area contributed by atoms with E-state index in [0.717, 1.165) is 0 Å². The van der Waals surface area contributed by atoms with Gasteiger partial charge >= 0.3 is 0 Å². The van der Waals surface area contributed by atoms with Gasteiger partial charge in [-0.25, -0.2) is 4.39 Å². The van der Waals surface area contributed by atoms with Crippen LogP contribution < -0.4 is 15.2 Å². The summed E-state index contributed by atoms with van der Waals surface area (Å²) >= 11 is 0. The van der Waals surface area contributed by atoms with Crippen LogP contribution in [-0.2, 0) is 5.67 Å². The first kappa shape index (κ1) is 11.8. The molecule has 0 spiro atoms. The van der Waals surface area contributed by atoms with Crippen LogP contribution in [0.1, 0.15) is 12.5 Å². The zero-order chi connectivity index (χ0) is 11.5. The molecule has 1 unspecified atom stereocenters. The molecule has 1 rings (SSSR count). The number of nitrogens with two attached hydrogens (primary N) is 1. The minimum Gasteiger partial charge on any atom is -0.497 e. The molecule has 0 aliphatic heterocycles. The first-order valence-electron chi connectivity index (χ1n) is 4.66. The van der Waals surface area contributed by atoms with Crippen molar-refractivity contribution in [3.05, 3.63) is 23.8 Å². The number of rotatable bonds is 4. The summed E-state index contributed by atoms with van der Waals surface area (Å²) in [5, 5.41) is 0. The zero-order valence-electron chi connectivity index (χ0n) is 9.21. The van der Waals surface area contributed by atoms with E-state index >= 15 is 0 Å². The second-order valence-corrected chi connectivity index (χ2v) is 3.47. The molecule has 4 heteroatoms. The molecule has 0 bridgehead atoms. The number of hydrogen-bond acceptors (Lipinski definition) is 3. The molecular formula is C11H16FNO2. The summed E-state index contributed by atoms with van der Waals surface area (Å²) < 4.78 is 24.2. The second kappa shape index (κ2) is 4.49. The van der Waals surface area contributed by atoms with Gasteiger partial charge in [0.25, 0.3) is 0 Å². The molecule has 0 saturated carbocycles. The minimum atomic E-state index is -1.61. The third-order valence-corrected chi connectivity index (χ3v) is 2.35. The van der Waals surface area contributed by atoms with Crippen LogP contribution in [0.2, 0.25) is 0 Å². The van der Waals surface area contributed by atoms with Gasteiger partial charge < -0.3 is 15.2 Å². The van der Waals surface area contributed by atoms with Crippen molar-refractivity contribution in [3.8, 4) is 11.5 Å². The first-order valence-corrected chi connectivity index (χ1v) is 4.66. The van der Waals surface area contributed by atoms with Gasteiger partial charge in [-0.05, 0) is 25.1 Å². The molecule has 0 fully saturated rings. The maximum absolute atomic E-state index is 14.1. The molecule has 0 heterocycles. The van der Waals surface area contributed by atoms with E-state index in [4.69, 9.17) is 15.2 Å². The molecule has 15 heavy (non-hydrogen) atoms. The molecular weight excluding hydrogens is 197 g/mol. The summed E-state index contributed by atoms with van der Waals surface area (Å²) in [5.74, 6) is 1.06. The molecule has 1 aromatic carbocycles. The molecule has 0 aliphatic carbocycles. The van der Waals surface area contributed by atoms with Crippen molar-refractivity contribution in [2.45, 2.75) is 12.6 Å². The van der Waals surface area contributed by atoms with E-state index in [0.29, 0.717) is 17.1 Å². The number of ether oxygens (including phenoxy) is 2. The highest BCUT2D eigenvalue weighted by atomic mass is 19.1. The lowest BCUT2D eigenvalue weighted by atomic mass is 9.97. The molecule has 1 aromatic rings. The monoisotopic (exact) mass is 213 g/mol. The summed E-state index contributed by atoms with van der Waals surface area (Å²) in [6.07, 6.45) is 0. The summed E-state index contributed by atoms with van der Waals surface area (Å²) in [4.78, 5) is 0. The summed E-state index contributed by atoms with van der Waals surface area (Å²) in [6.45, 7) is 1.32. The lowest BCUT2D eigenvalue weighted by Gasteiger charge is -2.21. The number of methoxy groups -OCH3 is 2. The van der Waals surface area contributed by atoms with Gasteiger partial charge in [-0.1, -0.05) is 0 Å². The van der Waals surface area contributed by atoms with Gasteiger partial charge in [-0.3, -0.25) is 0 Å². The average molecular weight is 213 g/mol. The van der Waals surface area contributed by atoms with Crippen molar-refractivity contribution in [3.63, 3.8) is 0 Å². The first-order chi connectivity index (χ1) is 7.05. The predicted octanol–water partition coefficient (Wildman–Crippen LogP) is 1.85. The normalized spacial score (nSPS) is 14.5. The molecule has 0 aromatic heterocycles. The Morgan fingerprint density at radius 3 is 2.47 bits per heavy atom. The van der Waals surface area contributed by atoms with Crippen LogP contribution in [0.25, 0.3) is 0 Å². The number of halogens is 1. The topological polar surface area (TPSA) is 44.5 Å². The Labute approximate surface area is 89.0 Å². The zero-order valence-corrected chi connectivity index (χ0v) is 9.21. The molecule has 2 N–H and O–H groups in total. The van der Waals surface area contributed by atoms with Crippen LogP contribution in [0.5, 0.6) is 11.5 Å². The molecule has 3 nitrogen and oxygen atoms in total. The SMILES string of the molecule is COc1ccc(OC)c(C(C)(F)CN)c1. The maximum Gasteiger partial charge on any atom is 0.149 e. The second-order valence-electron chi connectivity index (χ2n) is 3.47. The van der Waals surface area contributed by atoms with Crippen molar-refractivity contribution >= 4 is 0 Å². The van der Waals surface area contributed by atoms with E-state index in [9.17, 15) is 4.39 Å². The molecule has 0 amide bonds. The molecule has 1 atom stereocenters. The maximum atomic E-state index is 14.1. The van der Waals surface area contributed by atoms with Gasteiger partial charge in [0.15, 0.2) is 0 Å². The number of alkyl halides is 1. The molecule has 0 saturated heterocycles. The Bertz CT molecular complexity index is 339. The van der Waals surface area contributed by atoms with Crippen molar-refractivity contribution in [1.82, 2.24) is 0 Å². The fourth-order valence-electron chi connectivity index (χ4n) is 1.33. The third kappa shape index (κ3) is 2.39. The highest BCUT2D eigenvalue weighted by Gasteiger charge is 2.28. The lowest BCUT2D eigenvalue weighted by Crippen LogP contribution is -2.27. The van der Waals surface area contributed by atoms with Gasteiger partial charge in [0.05, 0.1) is 14.2 Å². The van der Waals surface area contributed by atoms with Crippen LogP contribution in [0.4, 0.5) is 4.39 Å². The van der Waals surface area contributed by atoms with Crippen molar-refractivity contribution in [1.29, 1.82) is 0 Å². The Hall–Kier alpha value is -1.29. The molecule has 0 radical (unpaired) electrons. The lowest BCUT2D eigenvalue weighted by molar-refractivity contribution is 0.196. The van der Waals surface area contributed by atoms with Gasteiger partial charge in [0.1, 0.15) is 17.2 Å². The van der Waals surface area contributed by atoms with E-state index in [1.54, 1.807) is 18.2 Å². The van der Waals surface area contributed by atoms with E-state index in [1.165, 1.54) is 21.1 Å². The Kier molecular flexibility index (Phi) is 3.52. The Balaban J connectivity index is 3.23. The highest BCUT2D eigenvalue weighted by molar-refractivity contribution is 5.43. The van der Waals surface area contributed by atoms with Gasteiger partial charge in [-0.2, -0.15) is 0 Å². The Morgan fingerprint density at radius 1 is 1.33 bits per heavy atom. The van der Waals surface area contributed by atoms with Crippen molar-refractivity contribution < 1.29 is 13.9 Å².